The molecule has 0 saturated carbocycles. The van der Waals surface area contributed by atoms with Gasteiger partial charge in [-0.15, -0.1) is 11.3 Å². The Kier molecular flexibility index (Phi) is 7.37. The molecule has 2 aromatic rings. The van der Waals surface area contributed by atoms with Crippen molar-refractivity contribution in [1.82, 2.24) is 20.1 Å². The summed E-state index contributed by atoms with van der Waals surface area (Å²) in [4.78, 5) is 24.6. The van der Waals surface area contributed by atoms with Crippen molar-refractivity contribution in [3.8, 4) is 10.4 Å². The Hall–Kier alpha value is -2.48. The molecule has 4 heterocycles. The second-order valence-electron chi connectivity index (χ2n) is 9.91. The second-order valence-corrected chi connectivity index (χ2v) is 11.1. The normalized spacial score (nSPS) is 20.6. The van der Waals surface area contributed by atoms with Crippen LogP contribution in [0.5, 0.6) is 0 Å². The molecule has 1 N–H and O–H groups in total. The molecule has 1 saturated heterocycles. The topological polar surface area (TPSA) is 57.7 Å². The van der Waals surface area contributed by atoms with Gasteiger partial charge in [-0.3, -0.25) is 9.88 Å². The maximum atomic E-state index is 12.7. The highest BCUT2D eigenvalue weighted by Gasteiger charge is 2.29. The predicted molar refractivity (Wildman–Crippen MR) is 142 cm³/mol. The number of nitrogens with zero attached hydrogens (tertiary/aromatic N) is 3. The molecule has 3 aliphatic rings. The number of amides is 2. The highest BCUT2D eigenvalue weighted by Crippen LogP contribution is 2.39. The van der Waals surface area contributed by atoms with Crippen LogP contribution in [-0.4, -0.2) is 65.7 Å². The number of allylic oxidation sites excluding steroid dienone is 2. The predicted octanol–water partition coefficient (Wildman–Crippen LogP) is 5.11. The van der Waals surface area contributed by atoms with E-state index < -0.39 is 0 Å². The zero-order chi connectivity index (χ0) is 24.4. The lowest BCUT2D eigenvalue weighted by Gasteiger charge is -2.35. The number of urea groups is 1. The molecule has 1 fully saturated rings. The molecule has 2 amide bonds. The van der Waals surface area contributed by atoms with E-state index >= 15 is 0 Å². The van der Waals surface area contributed by atoms with Crippen molar-refractivity contribution >= 4 is 22.9 Å². The molecule has 0 bridgehead atoms. The molecule has 0 radical (unpaired) electrons. The highest BCUT2D eigenvalue weighted by molar-refractivity contribution is 7.15. The third kappa shape index (κ3) is 5.37. The Morgan fingerprint density at radius 3 is 2.86 bits per heavy atom. The molecule has 7 heteroatoms. The summed E-state index contributed by atoms with van der Waals surface area (Å²) in [6, 6.07) is 7.12. The number of carbonyl (C=O) groups is 1. The number of rotatable bonds is 6. The van der Waals surface area contributed by atoms with Gasteiger partial charge in [0.05, 0.1) is 24.9 Å². The number of fused-ring (bicyclic) bond motifs is 1. The molecular formula is C28H36N4O2S. The third-order valence-corrected chi connectivity index (χ3v) is 8.16. The fraction of sp³-hybridized carbons (Fsp3) is 0.500. The summed E-state index contributed by atoms with van der Waals surface area (Å²) < 4.78 is 5.48. The molecule has 0 aromatic carbocycles. The number of pyridine rings is 1. The van der Waals surface area contributed by atoms with Crippen LogP contribution in [-0.2, 0) is 17.7 Å². The molecule has 2 aromatic heterocycles. The maximum Gasteiger partial charge on any atom is 0.318 e. The maximum absolute atomic E-state index is 12.7. The molecule has 1 unspecified atom stereocenters. The van der Waals surface area contributed by atoms with Crippen molar-refractivity contribution in [3.63, 3.8) is 0 Å². The second kappa shape index (κ2) is 10.6. The van der Waals surface area contributed by atoms with Gasteiger partial charge in [0, 0.05) is 65.7 Å². The van der Waals surface area contributed by atoms with Crippen LogP contribution in [0.25, 0.3) is 16.0 Å². The number of aromatic nitrogens is 1. The molecule has 6 nitrogen and oxygen atoms in total. The van der Waals surface area contributed by atoms with E-state index in [0.717, 1.165) is 64.3 Å². The summed E-state index contributed by atoms with van der Waals surface area (Å²) in [6.07, 6.45) is 9.32. The fourth-order valence-corrected chi connectivity index (χ4v) is 6.22. The number of hydrogen-bond acceptors (Lipinski definition) is 5. The number of morpholine rings is 1. The average molecular weight is 493 g/mol. The van der Waals surface area contributed by atoms with Gasteiger partial charge < -0.3 is 15.0 Å². The Balaban J connectivity index is 1.34. The third-order valence-electron chi connectivity index (χ3n) is 7.04. The first-order valence-electron chi connectivity index (χ1n) is 12.9. The summed E-state index contributed by atoms with van der Waals surface area (Å²) in [6.45, 7) is 11.6. The summed E-state index contributed by atoms with van der Waals surface area (Å²) >= 11 is 1.87. The molecular weight excluding hydrogens is 456 g/mol. The molecule has 1 atom stereocenters. The zero-order valence-electron chi connectivity index (χ0n) is 21.0. The van der Waals surface area contributed by atoms with E-state index in [1.54, 1.807) is 0 Å². The minimum absolute atomic E-state index is 0.0393. The largest absolute Gasteiger partial charge is 0.379 e. The van der Waals surface area contributed by atoms with Gasteiger partial charge in [0.2, 0.25) is 0 Å². The zero-order valence-corrected chi connectivity index (χ0v) is 21.9. The van der Waals surface area contributed by atoms with E-state index in [9.17, 15) is 4.79 Å². The Bertz CT molecular complexity index is 1130. The van der Waals surface area contributed by atoms with E-state index in [1.807, 2.05) is 36.3 Å². The van der Waals surface area contributed by atoms with Crippen LogP contribution in [0.2, 0.25) is 0 Å². The van der Waals surface area contributed by atoms with Gasteiger partial charge in [0.25, 0.3) is 0 Å². The van der Waals surface area contributed by atoms with E-state index in [-0.39, 0.29) is 18.1 Å². The number of hydrogen-bond donors (Lipinski definition) is 1. The highest BCUT2D eigenvalue weighted by atomic mass is 32.1. The quantitative estimate of drug-likeness (QED) is 0.609. The number of thiophene rings is 1. The Morgan fingerprint density at radius 2 is 2.09 bits per heavy atom. The number of nitrogens with one attached hydrogen (secondary N) is 1. The molecule has 5 rings (SSSR count). The molecule has 2 aliphatic heterocycles. The monoisotopic (exact) mass is 492 g/mol. The van der Waals surface area contributed by atoms with Gasteiger partial charge in [-0.25, -0.2) is 4.79 Å². The first kappa shape index (κ1) is 24.2. The van der Waals surface area contributed by atoms with Gasteiger partial charge in [-0.05, 0) is 56.0 Å². The van der Waals surface area contributed by atoms with Gasteiger partial charge in [0.15, 0.2) is 0 Å². The number of carbonyl (C=O) groups excluding carboxylic acids is 1. The average Bonchev–Trinajstić information content (AvgIpc) is 3.50. The summed E-state index contributed by atoms with van der Waals surface area (Å²) in [7, 11) is 0. The van der Waals surface area contributed by atoms with Crippen molar-refractivity contribution < 1.29 is 9.53 Å². The fourth-order valence-electron chi connectivity index (χ4n) is 5.19. The number of ether oxygens (including phenoxy) is 1. The molecule has 0 spiro atoms. The van der Waals surface area contributed by atoms with Crippen molar-refractivity contribution in [2.45, 2.75) is 58.7 Å². The summed E-state index contributed by atoms with van der Waals surface area (Å²) in [5.74, 6) is 0. The SMILES string of the molecule is CCC1C=C(C2=CCc3ncc(-c4ccc(CN5CCOCC5)s4)cc32)CCN1C(=O)NC(C)C. The van der Waals surface area contributed by atoms with E-state index in [4.69, 9.17) is 9.72 Å². The van der Waals surface area contributed by atoms with Gasteiger partial charge >= 0.3 is 6.03 Å². The van der Waals surface area contributed by atoms with Gasteiger partial charge in [-0.2, -0.15) is 0 Å². The van der Waals surface area contributed by atoms with Crippen molar-refractivity contribution in [1.29, 1.82) is 0 Å². The molecule has 186 valence electrons. The minimum Gasteiger partial charge on any atom is -0.379 e. The first-order chi connectivity index (χ1) is 17.0. The van der Waals surface area contributed by atoms with Gasteiger partial charge in [0.1, 0.15) is 0 Å². The van der Waals surface area contributed by atoms with Gasteiger partial charge in [-0.1, -0.05) is 19.1 Å². The van der Waals surface area contributed by atoms with E-state index in [0.29, 0.717) is 0 Å². The molecule has 35 heavy (non-hydrogen) atoms. The van der Waals surface area contributed by atoms with Crippen LogP contribution in [0.1, 0.15) is 49.7 Å². The van der Waals surface area contributed by atoms with Crippen molar-refractivity contribution in [3.05, 3.63) is 58.3 Å². The van der Waals surface area contributed by atoms with Crippen LogP contribution < -0.4 is 5.32 Å². The first-order valence-corrected chi connectivity index (χ1v) is 13.7. The molecule has 1 aliphatic carbocycles. The Labute approximate surface area is 212 Å². The smallest absolute Gasteiger partial charge is 0.318 e. The minimum atomic E-state index is 0.0393. The summed E-state index contributed by atoms with van der Waals surface area (Å²) in [5.41, 5.74) is 6.26. The standard InChI is InChI=1S/C28H36N4O2S/c1-4-22-15-20(9-10-32(22)28(33)30-19(2)3)24-6-7-26-25(24)16-21(17-29-26)27-8-5-23(35-27)18-31-11-13-34-14-12-31/h5-6,8,15-17,19,22H,4,7,9-14,18H2,1-3H3,(H,30,33). The van der Waals surface area contributed by atoms with Crippen molar-refractivity contribution in [2.24, 2.45) is 0 Å². The van der Waals surface area contributed by atoms with Crippen LogP contribution in [0.3, 0.4) is 0 Å². The lowest BCUT2D eigenvalue weighted by atomic mass is 9.91. The van der Waals surface area contributed by atoms with Crippen molar-refractivity contribution in [2.75, 3.05) is 32.8 Å². The van der Waals surface area contributed by atoms with E-state index in [1.165, 1.54) is 32.0 Å². The summed E-state index contributed by atoms with van der Waals surface area (Å²) in [5, 5.41) is 3.06. The van der Waals surface area contributed by atoms with Crippen LogP contribution in [0.4, 0.5) is 4.79 Å². The lowest BCUT2D eigenvalue weighted by molar-refractivity contribution is 0.0346. The van der Waals surface area contributed by atoms with Crippen LogP contribution >= 0.6 is 11.3 Å². The van der Waals surface area contributed by atoms with E-state index in [2.05, 4.69) is 47.5 Å². The Morgan fingerprint density at radius 1 is 1.26 bits per heavy atom. The van der Waals surface area contributed by atoms with Crippen LogP contribution in [0, 0.1) is 0 Å². The lowest BCUT2D eigenvalue weighted by Crippen LogP contribution is -2.49. The van der Waals surface area contributed by atoms with Crippen LogP contribution in [0.15, 0.2) is 42.1 Å².